The topological polar surface area (TPSA) is 106 Å². The zero-order valence-electron chi connectivity index (χ0n) is 30.1. The molecule has 3 aromatic rings. The molecule has 0 bridgehead atoms. The molecule has 5 atom stereocenters. The maximum atomic E-state index is 16.6. The molecule has 10 nitrogen and oxygen atoms in total. The standard InChI is InChI=1S/C40H48FN5O5Si/c1-27-36(52(2,3)41)34(24-35(48)43-22-10-15-31(43)25-47)51-40(27)32-23-30(16-17-33(32)46(38(40)50)29-13-8-5-9-14-29)44-26-45(28-11-6-4-7-12-28)39(37(44)49)18-20-42-21-19-39/h4-9,11-14,16-17,23,27,31,34,36,42,47H,10,15,18-22,24-26H2,1-3H3/t27-,31-,34+,36-,40+/m0/s1. The van der Waals surface area contributed by atoms with Gasteiger partial charge < -0.3 is 29.1 Å². The SMILES string of the molecule is C[C@H]1[C@H]([Si](C)(C)F)[C@@H](CC(=O)N2CCC[C@H]2CO)O[C@]12C(=O)N(c1ccccc1)c1ccc(N3CN(c4ccccc4)C4(CCNCC4)C3=O)cc12. The molecule has 0 aromatic heterocycles. The Morgan fingerprint density at radius 2 is 1.63 bits per heavy atom. The first kappa shape index (κ1) is 35.0. The number of fused-ring (bicyclic) bond motifs is 2. The zero-order valence-corrected chi connectivity index (χ0v) is 31.1. The fraction of sp³-hybridized carbons (Fsp3) is 0.475. The Balaban J connectivity index is 1.23. The van der Waals surface area contributed by atoms with Gasteiger partial charge in [0.05, 0.1) is 37.5 Å². The van der Waals surface area contributed by atoms with Crippen molar-refractivity contribution in [3.8, 4) is 0 Å². The van der Waals surface area contributed by atoms with E-state index in [1.54, 1.807) is 22.9 Å². The lowest BCUT2D eigenvalue weighted by Crippen LogP contribution is -2.55. The molecule has 5 heterocycles. The maximum Gasteiger partial charge on any atom is 0.268 e. The number of carbonyl (C=O) groups is 3. The minimum atomic E-state index is -3.54. The normalized spacial score (nSPS) is 28.5. The van der Waals surface area contributed by atoms with Crippen molar-refractivity contribution in [2.24, 2.45) is 5.92 Å². The second kappa shape index (κ2) is 13.1. The van der Waals surface area contributed by atoms with E-state index >= 15 is 8.90 Å². The van der Waals surface area contributed by atoms with Gasteiger partial charge in [-0.25, -0.2) is 0 Å². The Hall–Kier alpha value is -4.10. The molecule has 0 aliphatic carbocycles. The molecule has 4 saturated heterocycles. The molecule has 2 spiro atoms. The summed E-state index contributed by atoms with van der Waals surface area (Å²) in [4.78, 5) is 50.9. The van der Waals surface area contributed by atoms with E-state index in [4.69, 9.17) is 4.74 Å². The monoisotopic (exact) mass is 725 g/mol. The molecule has 8 rings (SSSR count). The van der Waals surface area contributed by atoms with E-state index in [-0.39, 0.29) is 36.8 Å². The molecule has 52 heavy (non-hydrogen) atoms. The average Bonchev–Trinajstić information content (AvgIpc) is 3.88. The average molecular weight is 726 g/mol. The third-order valence-electron chi connectivity index (χ3n) is 12.4. The van der Waals surface area contributed by atoms with Crippen LogP contribution in [-0.2, 0) is 24.7 Å². The van der Waals surface area contributed by atoms with Gasteiger partial charge in [0, 0.05) is 40.6 Å². The van der Waals surface area contributed by atoms with Crippen LogP contribution in [0.1, 0.15) is 44.6 Å². The smallest absolute Gasteiger partial charge is 0.268 e. The second-order valence-electron chi connectivity index (χ2n) is 15.6. The van der Waals surface area contributed by atoms with Crippen LogP contribution in [0, 0.1) is 5.92 Å². The van der Waals surface area contributed by atoms with Crippen molar-refractivity contribution in [2.75, 3.05) is 47.6 Å². The third-order valence-corrected chi connectivity index (χ3v) is 14.9. The van der Waals surface area contributed by atoms with Crippen LogP contribution >= 0.6 is 0 Å². The Morgan fingerprint density at radius 3 is 2.29 bits per heavy atom. The van der Waals surface area contributed by atoms with Gasteiger partial charge in [-0.3, -0.25) is 24.2 Å². The predicted octanol–water partition coefficient (Wildman–Crippen LogP) is 5.45. The second-order valence-corrected chi connectivity index (χ2v) is 19.4. The van der Waals surface area contributed by atoms with Crippen LogP contribution in [0.2, 0.25) is 18.6 Å². The number of carbonyl (C=O) groups excluding carboxylic acids is 3. The van der Waals surface area contributed by atoms with E-state index in [0.717, 1.165) is 31.6 Å². The molecular formula is C40H48FN5O5Si. The highest BCUT2D eigenvalue weighted by molar-refractivity contribution is 6.72. The predicted molar refractivity (Wildman–Crippen MR) is 201 cm³/mol. The molecule has 4 fully saturated rings. The number of amides is 3. The van der Waals surface area contributed by atoms with Gasteiger partial charge in [-0.2, -0.15) is 0 Å². The van der Waals surface area contributed by atoms with E-state index in [2.05, 4.69) is 10.2 Å². The number of benzene rings is 3. The number of rotatable bonds is 7. The van der Waals surface area contributed by atoms with Gasteiger partial charge in [0.25, 0.3) is 11.8 Å². The van der Waals surface area contributed by atoms with Gasteiger partial charge in [-0.1, -0.05) is 43.3 Å². The summed E-state index contributed by atoms with van der Waals surface area (Å²) >= 11 is 0. The van der Waals surface area contributed by atoms with Gasteiger partial charge in [0.15, 0.2) is 5.60 Å². The number of halogens is 1. The molecule has 274 valence electrons. The molecular weight excluding hydrogens is 678 g/mol. The van der Waals surface area contributed by atoms with Crippen molar-refractivity contribution in [1.82, 2.24) is 10.2 Å². The third kappa shape index (κ3) is 5.32. The van der Waals surface area contributed by atoms with Crippen molar-refractivity contribution in [1.29, 1.82) is 0 Å². The van der Waals surface area contributed by atoms with Gasteiger partial charge in [-0.15, -0.1) is 0 Å². The fourth-order valence-electron chi connectivity index (χ4n) is 9.97. The molecule has 2 N–H and O–H groups in total. The summed E-state index contributed by atoms with van der Waals surface area (Å²) in [7, 11) is -3.54. The van der Waals surface area contributed by atoms with Crippen LogP contribution < -0.4 is 20.0 Å². The van der Waals surface area contributed by atoms with Crippen LogP contribution in [0.4, 0.5) is 26.9 Å². The molecule has 3 aromatic carbocycles. The van der Waals surface area contributed by atoms with Gasteiger partial charge in [-0.05, 0) is 94.3 Å². The van der Waals surface area contributed by atoms with Crippen molar-refractivity contribution in [2.45, 2.75) is 80.9 Å². The first-order chi connectivity index (χ1) is 25.0. The Labute approximate surface area is 305 Å². The quantitative estimate of drug-likeness (QED) is 0.247. The molecule has 3 amide bonds. The lowest BCUT2D eigenvalue weighted by Gasteiger charge is -2.39. The summed E-state index contributed by atoms with van der Waals surface area (Å²) in [5, 5.41) is 13.4. The number of nitrogens with zero attached hydrogens (tertiary/aromatic N) is 4. The first-order valence-corrected chi connectivity index (χ1v) is 21.6. The minimum Gasteiger partial charge on any atom is -0.394 e. The number of hydrogen-bond donors (Lipinski definition) is 2. The lowest BCUT2D eigenvalue weighted by atomic mass is 9.82. The molecule has 0 radical (unpaired) electrons. The van der Waals surface area contributed by atoms with Crippen LogP contribution in [0.5, 0.6) is 0 Å². The number of ether oxygens (including phenoxy) is 1. The van der Waals surface area contributed by atoms with Crippen LogP contribution in [0.25, 0.3) is 0 Å². The maximum absolute atomic E-state index is 16.6. The summed E-state index contributed by atoms with van der Waals surface area (Å²) in [6.07, 6.45) is 1.92. The Kier molecular flexibility index (Phi) is 8.79. The summed E-state index contributed by atoms with van der Waals surface area (Å²) in [6, 6.07) is 24.8. The van der Waals surface area contributed by atoms with E-state index in [0.29, 0.717) is 48.7 Å². The number of likely N-dealkylation sites (tertiary alicyclic amines) is 1. The van der Waals surface area contributed by atoms with E-state index in [1.807, 2.05) is 90.7 Å². The largest absolute Gasteiger partial charge is 0.394 e. The van der Waals surface area contributed by atoms with Crippen LogP contribution in [0.3, 0.4) is 0 Å². The van der Waals surface area contributed by atoms with Gasteiger partial charge >= 0.3 is 0 Å². The van der Waals surface area contributed by atoms with E-state index < -0.39 is 37.1 Å². The van der Waals surface area contributed by atoms with Crippen molar-refractivity contribution in [3.63, 3.8) is 0 Å². The summed E-state index contributed by atoms with van der Waals surface area (Å²) in [5.41, 5.74) is 0.533. The minimum absolute atomic E-state index is 0.0131. The Morgan fingerprint density at radius 1 is 0.962 bits per heavy atom. The number of aliphatic hydroxyl groups is 1. The number of para-hydroxylation sites is 2. The van der Waals surface area contributed by atoms with Crippen LogP contribution in [0.15, 0.2) is 78.9 Å². The number of nitrogens with one attached hydrogen (secondary N) is 1. The highest BCUT2D eigenvalue weighted by atomic mass is 28.4. The number of piperidine rings is 1. The van der Waals surface area contributed by atoms with Crippen molar-refractivity contribution in [3.05, 3.63) is 84.4 Å². The van der Waals surface area contributed by atoms with Crippen molar-refractivity contribution >= 4 is 48.9 Å². The lowest BCUT2D eigenvalue weighted by molar-refractivity contribution is -0.149. The molecule has 0 unspecified atom stereocenters. The highest BCUT2D eigenvalue weighted by Crippen LogP contribution is 2.62. The fourth-order valence-corrected chi connectivity index (χ4v) is 12.5. The first-order valence-electron chi connectivity index (χ1n) is 18.7. The molecule has 5 aliphatic rings. The number of hydrogen-bond acceptors (Lipinski definition) is 7. The summed E-state index contributed by atoms with van der Waals surface area (Å²) in [5.74, 6) is -1.10. The van der Waals surface area contributed by atoms with E-state index in [9.17, 15) is 14.7 Å². The zero-order chi connectivity index (χ0) is 36.4. The van der Waals surface area contributed by atoms with Crippen molar-refractivity contribution < 1.29 is 28.3 Å². The Bertz CT molecular complexity index is 1850. The van der Waals surface area contributed by atoms with Gasteiger partial charge in [0.2, 0.25) is 14.3 Å². The number of aliphatic hydroxyl groups excluding tert-OH is 1. The van der Waals surface area contributed by atoms with Crippen LogP contribution in [-0.4, -0.2) is 86.7 Å². The molecule has 5 aliphatic heterocycles. The summed E-state index contributed by atoms with van der Waals surface area (Å²) in [6.45, 7) is 7.35. The molecule has 0 saturated carbocycles. The van der Waals surface area contributed by atoms with E-state index in [1.165, 1.54) is 0 Å². The summed E-state index contributed by atoms with van der Waals surface area (Å²) < 4.78 is 23.6. The number of anilines is 4. The molecule has 12 heteroatoms. The highest BCUT2D eigenvalue weighted by Gasteiger charge is 2.67. The van der Waals surface area contributed by atoms with Gasteiger partial charge in [0.1, 0.15) is 5.54 Å².